The number of nitrogens with zero attached hydrogens (tertiary/aromatic N) is 3. The number of fused-ring (bicyclic) bond motifs is 1. The summed E-state index contributed by atoms with van der Waals surface area (Å²) in [5.74, 6) is 1.52. The highest BCUT2D eigenvalue weighted by Crippen LogP contribution is 2.25. The van der Waals surface area contributed by atoms with E-state index >= 15 is 0 Å². The fourth-order valence-electron chi connectivity index (χ4n) is 3.75. The number of aromatic nitrogens is 4. The van der Waals surface area contributed by atoms with Gasteiger partial charge in [-0.3, -0.25) is 9.36 Å². The topological polar surface area (TPSA) is 88.7 Å². The lowest BCUT2D eigenvalue weighted by Gasteiger charge is -2.09. The van der Waals surface area contributed by atoms with Crippen molar-refractivity contribution in [3.63, 3.8) is 0 Å². The SMILES string of the molecule is O=C(CSc1nnc(-c2ccco2)n1Cc1ccccc1)NCCc1c[nH]c2ccccc12. The Hall–Kier alpha value is -3.78. The van der Waals surface area contributed by atoms with Crippen LogP contribution in [0.2, 0.25) is 0 Å². The lowest BCUT2D eigenvalue weighted by Crippen LogP contribution is -2.27. The number of rotatable bonds is 9. The van der Waals surface area contributed by atoms with E-state index in [1.54, 1.807) is 6.26 Å². The van der Waals surface area contributed by atoms with E-state index in [-0.39, 0.29) is 11.7 Å². The predicted molar refractivity (Wildman–Crippen MR) is 129 cm³/mol. The van der Waals surface area contributed by atoms with Gasteiger partial charge in [-0.25, -0.2) is 0 Å². The molecule has 0 atom stereocenters. The van der Waals surface area contributed by atoms with Gasteiger partial charge in [-0.1, -0.05) is 60.3 Å². The van der Waals surface area contributed by atoms with Crippen LogP contribution in [-0.2, 0) is 17.8 Å². The highest BCUT2D eigenvalue weighted by molar-refractivity contribution is 7.99. The molecule has 5 aromatic rings. The Morgan fingerprint density at radius 1 is 1.03 bits per heavy atom. The lowest BCUT2D eigenvalue weighted by atomic mass is 10.1. The minimum absolute atomic E-state index is 0.0337. The summed E-state index contributed by atoms with van der Waals surface area (Å²) in [4.78, 5) is 15.8. The molecule has 0 fully saturated rings. The Morgan fingerprint density at radius 2 is 1.88 bits per heavy atom. The molecule has 0 bridgehead atoms. The molecule has 2 aromatic carbocycles. The van der Waals surface area contributed by atoms with Gasteiger partial charge < -0.3 is 14.7 Å². The summed E-state index contributed by atoms with van der Waals surface area (Å²) >= 11 is 1.37. The quantitative estimate of drug-likeness (QED) is 0.318. The molecular formula is C25H23N5O2S. The van der Waals surface area contributed by atoms with Crippen LogP contribution in [0.3, 0.4) is 0 Å². The number of H-pyrrole nitrogens is 1. The Morgan fingerprint density at radius 3 is 2.73 bits per heavy atom. The van der Waals surface area contributed by atoms with Crippen molar-refractivity contribution in [2.75, 3.05) is 12.3 Å². The van der Waals surface area contributed by atoms with Gasteiger partial charge in [-0.05, 0) is 35.7 Å². The highest BCUT2D eigenvalue weighted by Gasteiger charge is 2.18. The monoisotopic (exact) mass is 457 g/mol. The summed E-state index contributed by atoms with van der Waals surface area (Å²) in [6, 6.07) is 22.0. The van der Waals surface area contributed by atoms with Crippen LogP contribution in [0.25, 0.3) is 22.5 Å². The van der Waals surface area contributed by atoms with Crippen molar-refractivity contribution in [1.29, 1.82) is 0 Å². The fraction of sp³-hybridized carbons (Fsp3) is 0.160. The van der Waals surface area contributed by atoms with Gasteiger partial charge in [-0.15, -0.1) is 10.2 Å². The second-order valence-electron chi connectivity index (χ2n) is 7.60. The molecule has 0 saturated heterocycles. The van der Waals surface area contributed by atoms with Crippen LogP contribution in [-0.4, -0.2) is 38.0 Å². The number of benzene rings is 2. The average Bonchev–Trinajstić information content (AvgIpc) is 3.59. The molecule has 0 aliphatic heterocycles. The molecule has 0 saturated carbocycles. The Kier molecular flexibility index (Phi) is 6.25. The third-order valence-electron chi connectivity index (χ3n) is 5.37. The van der Waals surface area contributed by atoms with E-state index in [2.05, 4.69) is 44.8 Å². The average molecular weight is 458 g/mol. The molecule has 3 heterocycles. The van der Waals surface area contributed by atoms with Crippen LogP contribution in [0.1, 0.15) is 11.1 Å². The van der Waals surface area contributed by atoms with Crippen molar-refractivity contribution in [3.05, 3.63) is 90.3 Å². The number of para-hydroxylation sites is 1. The molecule has 0 aliphatic rings. The zero-order valence-electron chi connectivity index (χ0n) is 17.9. The first kappa shape index (κ1) is 21.1. The number of hydrogen-bond donors (Lipinski definition) is 2. The normalized spacial score (nSPS) is 11.2. The molecule has 0 radical (unpaired) electrons. The van der Waals surface area contributed by atoms with E-state index in [4.69, 9.17) is 4.42 Å². The summed E-state index contributed by atoms with van der Waals surface area (Å²) in [6.07, 6.45) is 4.39. The summed E-state index contributed by atoms with van der Waals surface area (Å²) in [5.41, 5.74) is 3.43. The van der Waals surface area contributed by atoms with Gasteiger partial charge in [0.15, 0.2) is 10.9 Å². The standard InChI is InChI=1S/C25H23N5O2S/c31-23(26-13-12-19-15-27-21-10-5-4-9-20(19)21)17-33-25-29-28-24(22-11-6-14-32-22)30(25)16-18-7-2-1-3-8-18/h1-11,14-15,27H,12-13,16-17H2,(H,26,31). The molecule has 7 nitrogen and oxygen atoms in total. The number of carbonyl (C=O) groups excluding carboxylic acids is 1. The molecule has 33 heavy (non-hydrogen) atoms. The molecular weight excluding hydrogens is 434 g/mol. The fourth-order valence-corrected chi connectivity index (χ4v) is 4.52. The first-order chi connectivity index (χ1) is 16.3. The Bertz CT molecular complexity index is 1340. The second kappa shape index (κ2) is 9.79. The first-order valence-corrected chi connectivity index (χ1v) is 11.7. The molecule has 0 spiro atoms. The van der Waals surface area contributed by atoms with Gasteiger partial charge in [0, 0.05) is 23.6 Å². The second-order valence-corrected chi connectivity index (χ2v) is 8.55. The van der Waals surface area contributed by atoms with E-state index in [1.165, 1.54) is 22.7 Å². The van der Waals surface area contributed by atoms with E-state index in [0.29, 0.717) is 29.8 Å². The smallest absolute Gasteiger partial charge is 0.230 e. The van der Waals surface area contributed by atoms with Gasteiger partial charge in [0.1, 0.15) is 0 Å². The van der Waals surface area contributed by atoms with Crippen molar-refractivity contribution in [1.82, 2.24) is 25.1 Å². The van der Waals surface area contributed by atoms with Crippen molar-refractivity contribution >= 4 is 28.6 Å². The molecule has 5 rings (SSSR count). The summed E-state index contributed by atoms with van der Waals surface area (Å²) in [5, 5.41) is 13.5. The molecule has 0 unspecified atom stereocenters. The maximum Gasteiger partial charge on any atom is 0.230 e. The number of aromatic amines is 1. The highest BCUT2D eigenvalue weighted by atomic mass is 32.2. The van der Waals surface area contributed by atoms with Gasteiger partial charge in [0.2, 0.25) is 11.7 Å². The number of amides is 1. The maximum absolute atomic E-state index is 12.5. The van der Waals surface area contributed by atoms with Gasteiger partial charge in [0.05, 0.1) is 18.6 Å². The van der Waals surface area contributed by atoms with E-state index in [0.717, 1.165) is 17.5 Å². The minimum Gasteiger partial charge on any atom is -0.461 e. The maximum atomic E-state index is 12.5. The Labute approximate surface area is 195 Å². The summed E-state index contributed by atoms with van der Waals surface area (Å²) in [7, 11) is 0. The van der Waals surface area contributed by atoms with Crippen molar-refractivity contribution in [3.8, 4) is 11.6 Å². The number of thioether (sulfide) groups is 1. The van der Waals surface area contributed by atoms with Crippen LogP contribution in [0, 0.1) is 0 Å². The lowest BCUT2D eigenvalue weighted by molar-refractivity contribution is -0.118. The predicted octanol–water partition coefficient (Wildman–Crippen LogP) is 4.52. The number of hydrogen-bond acceptors (Lipinski definition) is 5. The molecule has 8 heteroatoms. The van der Waals surface area contributed by atoms with E-state index in [9.17, 15) is 4.79 Å². The zero-order valence-corrected chi connectivity index (χ0v) is 18.7. The van der Waals surface area contributed by atoms with E-state index < -0.39 is 0 Å². The summed E-state index contributed by atoms with van der Waals surface area (Å²) < 4.78 is 7.53. The number of carbonyl (C=O) groups is 1. The molecule has 0 aliphatic carbocycles. The third kappa shape index (κ3) is 4.85. The number of nitrogens with one attached hydrogen (secondary N) is 2. The third-order valence-corrected chi connectivity index (χ3v) is 6.33. The zero-order chi connectivity index (χ0) is 22.5. The van der Waals surface area contributed by atoms with Gasteiger partial charge in [-0.2, -0.15) is 0 Å². The Balaban J connectivity index is 1.22. The molecule has 1 amide bonds. The van der Waals surface area contributed by atoms with Crippen LogP contribution in [0.4, 0.5) is 0 Å². The number of furan rings is 1. The first-order valence-electron chi connectivity index (χ1n) is 10.7. The van der Waals surface area contributed by atoms with Gasteiger partial charge in [0.25, 0.3) is 0 Å². The molecule has 166 valence electrons. The van der Waals surface area contributed by atoms with Crippen LogP contribution in [0.5, 0.6) is 0 Å². The van der Waals surface area contributed by atoms with Gasteiger partial charge >= 0.3 is 0 Å². The molecule has 2 N–H and O–H groups in total. The molecule has 3 aromatic heterocycles. The van der Waals surface area contributed by atoms with Crippen LogP contribution in [0.15, 0.2) is 88.8 Å². The van der Waals surface area contributed by atoms with E-state index in [1.807, 2.05) is 53.2 Å². The largest absolute Gasteiger partial charge is 0.461 e. The minimum atomic E-state index is -0.0337. The van der Waals surface area contributed by atoms with Crippen molar-refractivity contribution in [2.24, 2.45) is 0 Å². The van der Waals surface area contributed by atoms with Crippen molar-refractivity contribution < 1.29 is 9.21 Å². The summed E-state index contributed by atoms with van der Waals surface area (Å²) in [6.45, 7) is 1.17. The van der Waals surface area contributed by atoms with Crippen LogP contribution < -0.4 is 5.32 Å². The van der Waals surface area contributed by atoms with Crippen LogP contribution >= 0.6 is 11.8 Å². The van der Waals surface area contributed by atoms with Crippen molar-refractivity contribution in [2.45, 2.75) is 18.1 Å².